The predicted octanol–water partition coefficient (Wildman–Crippen LogP) is 0.511. The van der Waals surface area contributed by atoms with E-state index in [2.05, 4.69) is 10.6 Å². The highest BCUT2D eigenvalue weighted by Gasteiger charge is 2.28. The normalized spacial score (nSPS) is 17.9. The van der Waals surface area contributed by atoms with E-state index in [-0.39, 0.29) is 18.4 Å². The second-order valence-electron chi connectivity index (χ2n) is 4.64. The van der Waals surface area contributed by atoms with Crippen LogP contribution in [0.25, 0.3) is 0 Å². The number of aliphatic hydroxyl groups excluding tert-OH is 1. The zero-order valence-corrected chi connectivity index (χ0v) is 10.2. The van der Waals surface area contributed by atoms with Crippen molar-refractivity contribution in [1.29, 1.82) is 0 Å². The van der Waals surface area contributed by atoms with E-state index in [1.807, 2.05) is 6.92 Å². The van der Waals surface area contributed by atoms with Crippen LogP contribution in [-0.4, -0.2) is 37.3 Å². The van der Waals surface area contributed by atoms with Crippen molar-refractivity contribution < 1.29 is 9.90 Å². The molecule has 0 spiro atoms. The van der Waals surface area contributed by atoms with E-state index in [4.69, 9.17) is 5.11 Å². The molecule has 1 amide bonds. The number of nitrogens with one attached hydrogen (secondary N) is 2. The average Bonchev–Trinajstić information content (AvgIpc) is 2.20. The minimum absolute atomic E-state index is 0.138. The second kappa shape index (κ2) is 7.63. The molecule has 1 rings (SSSR count). The monoisotopic (exact) mass is 228 g/mol. The first-order valence-electron chi connectivity index (χ1n) is 6.35. The molecule has 4 nitrogen and oxygen atoms in total. The molecule has 1 saturated heterocycles. The van der Waals surface area contributed by atoms with Crippen LogP contribution in [0.2, 0.25) is 0 Å². The smallest absolute Gasteiger partial charge is 0.223 e. The van der Waals surface area contributed by atoms with Gasteiger partial charge in [0, 0.05) is 19.1 Å². The molecule has 0 aromatic carbocycles. The molecule has 0 saturated carbocycles. The zero-order chi connectivity index (χ0) is 11.8. The fraction of sp³-hybridized carbons (Fsp3) is 0.917. The van der Waals surface area contributed by atoms with E-state index in [1.54, 1.807) is 0 Å². The van der Waals surface area contributed by atoms with Crippen LogP contribution in [0.3, 0.4) is 0 Å². The van der Waals surface area contributed by atoms with Crippen molar-refractivity contribution in [2.75, 3.05) is 26.2 Å². The maximum atomic E-state index is 11.7. The topological polar surface area (TPSA) is 61.4 Å². The molecule has 4 heteroatoms. The van der Waals surface area contributed by atoms with E-state index in [0.29, 0.717) is 5.92 Å². The Bertz CT molecular complexity index is 205. The lowest BCUT2D eigenvalue weighted by atomic mass is 9.88. The number of hydrogen-bond donors (Lipinski definition) is 3. The molecule has 3 N–H and O–H groups in total. The Labute approximate surface area is 97.8 Å². The minimum atomic E-state index is 0.138. The van der Waals surface area contributed by atoms with Crippen molar-refractivity contribution in [1.82, 2.24) is 10.6 Å². The van der Waals surface area contributed by atoms with Crippen LogP contribution in [0.5, 0.6) is 0 Å². The van der Waals surface area contributed by atoms with E-state index < -0.39 is 0 Å². The van der Waals surface area contributed by atoms with Gasteiger partial charge in [-0.3, -0.25) is 4.79 Å². The summed E-state index contributed by atoms with van der Waals surface area (Å²) >= 11 is 0. The molecule has 16 heavy (non-hydrogen) atoms. The fourth-order valence-corrected chi connectivity index (χ4v) is 1.84. The largest absolute Gasteiger partial charge is 0.396 e. The highest BCUT2D eigenvalue weighted by atomic mass is 16.2. The molecule has 0 aromatic heterocycles. The Morgan fingerprint density at radius 3 is 2.62 bits per heavy atom. The summed E-state index contributed by atoms with van der Waals surface area (Å²) < 4.78 is 0. The van der Waals surface area contributed by atoms with Gasteiger partial charge in [0.25, 0.3) is 0 Å². The summed E-state index contributed by atoms with van der Waals surface area (Å²) in [6, 6.07) is 0. The quantitative estimate of drug-likeness (QED) is 0.531. The Kier molecular flexibility index (Phi) is 6.42. The SMILES string of the molecule is CC(C(=O)NCCCCCCO)C1CNC1. The van der Waals surface area contributed by atoms with Crippen LogP contribution >= 0.6 is 0 Å². The van der Waals surface area contributed by atoms with Crippen LogP contribution in [0.4, 0.5) is 0 Å². The maximum absolute atomic E-state index is 11.7. The Morgan fingerprint density at radius 2 is 2.06 bits per heavy atom. The summed E-state index contributed by atoms with van der Waals surface area (Å²) in [6.07, 6.45) is 4.02. The van der Waals surface area contributed by atoms with Crippen molar-refractivity contribution in [2.45, 2.75) is 32.6 Å². The predicted molar refractivity (Wildman–Crippen MR) is 64.1 cm³/mol. The second-order valence-corrected chi connectivity index (χ2v) is 4.64. The van der Waals surface area contributed by atoms with Crippen LogP contribution in [0.15, 0.2) is 0 Å². The van der Waals surface area contributed by atoms with Crippen molar-refractivity contribution >= 4 is 5.91 Å². The van der Waals surface area contributed by atoms with Gasteiger partial charge in [0.05, 0.1) is 0 Å². The van der Waals surface area contributed by atoms with Gasteiger partial charge >= 0.3 is 0 Å². The molecule has 1 aliphatic heterocycles. The lowest BCUT2D eigenvalue weighted by Gasteiger charge is -2.31. The molecule has 0 aliphatic carbocycles. The van der Waals surface area contributed by atoms with E-state index in [1.165, 1.54) is 0 Å². The van der Waals surface area contributed by atoms with Crippen molar-refractivity contribution in [3.63, 3.8) is 0 Å². The zero-order valence-electron chi connectivity index (χ0n) is 10.2. The van der Waals surface area contributed by atoms with Crippen molar-refractivity contribution in [3.8, 4) is 0 Å². The lowest BCUT2D eigenvalue weighted by Crippen LogP contribution is -2.49. The summed E-state index contributed by atoms with van der Waals surface area (Å²) in [5.41, 5.74) is 0. The molecular formula is C12H24N2O2. The van der Waals surface area contributed by atoms with E-state index in [9.17, 15) is 4.79 Å². The summed E-state index contributed by atoms with van der Waals surface area (Å²) in [7, 11) is 0. The molecule has 0 radical (unpaired) electrons. The van der Waals surface area contributed by atoms with Gasteiger partial charge in [-0.15, -0.1) is 0 Å². The molecule has 1 fully saturated rings. The van der Waals surface area contributed by atoms with Gasteiger partial charge in [0.15, 0.2) is 0 Å². The van der Waals surface area contributed by atoms with Gasteiger partial charge in [-0.1, -0.05) is 19.8 Å². The first kappa shape index (κ1) is 13.5. The van der Waals surface area contributed by atoms with Crippen molar-refractivity contribution in [2.24, 2.45) is 11.8 Å². The molecule has 0 aromatic rings. The molecule has 0 bridgehead atoms. The van der Waals surface area contributed by atoms with E-state index >= 15 is 0 Å². The Morgan fingerprint density at radius 1 is 1.38 bits per heavy atom. The van der Waals surface area contributed by atoms with Crippen LogP contribution in [-0.2, 0) is 4.79 Å². The number of unbranched alkanes of at least 4 members (excludes halogenated alkanes) is 3. The molecule has 1 atom stereocenters. The van der Waals surface area contributed by atoms with Gasteiger partial charge in [-0.05, 0) is 31.8 Å². The van der Waals surface area contributed by atoms with Crippen LogP contribution in [0, 0.1) is 11.8 Å². The number of carbonyl (C=O) groups is 1. The third kappa shape index (κ3) is 4.49. The van der Waals surface area contributed by atoms with E-state index in [0.717, 1.165) is 45.3 Å². The highest BCUT2D eigenvalue weighted by molar-refractivity contribution is 5.78. The maximum Gasteiger partial charge on any atom is 0.223 e. The summed E-state index contributed by atoms with van der Waals surface area (Å²) in [5, 5.41) is 14.8. The number of aliphatic hydroxyl groups is 1. The highest BCUT2D eigenvalue weighted by Crippen LogP contribution is 2.15. The summed E-state index contributed by atoms with van der Waals surface area (Å²) in [5.74, 6) is 0.849. The lowest BCUT2D eigenvalue weighted by molar-refractivity contribution is -0.126. The van der Waals surface area contributed by atoms with Gasteiger partial charge in [-0.2, -0.15) is 0 Å². The minimum Gasteiger partial charge on any atom is -0.396 e. The summed E-state index contributed by atoms with van der Waals surface area (Å²) in [4.78, 5) is 11.7. The molecule has 1 heterocycles. The number of rotatable bonds is 8. The van der Waals surface area contributed by atoms with Crippen LogP contribution in [0.1, 0.15) is 32.6 Å². The Hall–Kier alpha value is -0.610. The standard InChI is InChI=1S/C12H24N2O2/c1-10(11-8-13-9-11)12(16)14-6-4-2-3-5-7-15/h10-11,13,15H,2-9H2,1H3,(H,14,16). The average molecular weight is 228 g/mol. The third-order valence-electron chi connectivity index (χ3n) is 3.32. The van der Waals surface area contributed by atoms with Gasteiger partial charge in [0.1, 0.15) is 0 Å². The number of carbonyl (C=O) groups excluding carboxylic acids is 1. The molecule has 1 unspecified atom stereocenters. The first-order valence-corrected chi connectivity index (χ1v) is 6.35. The Balaban J connectivity index is 1.97. The van der Waals surface area contributed by atoms with Crippen molar-refractivity contribution in [3.05, 3.63) is 0 Å². The third-order valence-corrected chi connectivity index (χ3v) is 3.32. The van der Waals surface area contributed by atoms with Gasteiger partial charge < -0.3 is 15.7 Å². The van der Waals surface area contributed by atoms with Gasteiger partial charge in [0.2, 0.25) is 5.91 Å². The molecule has 1 aliphatic rings. The van der Waals surface area contributed by atoms with Crippen LogP contribution < -0.4 is 10.6 Å². The molecule has 94 valence electrons. The number of amides is 1. The molecular weight excluding hydrogens is 204 g/mol. The fourth-order valence-electron chi connectivity index (χ4n) is 1.84. The number of hydrogen-bond acceptors (Lipinski definition) is 3. The van der Waals surface area contributed by atoms with Gasteiger partial charge in [-0.25, -0.2) is 0 Å². The first-order chi connectivity index (χ1) is 7.75. The summed E-state index contributed by atoms with van der Waals surface area (Å²) in [6.45, 7) is 5.01.